The normalized spacial score (nSPS) is 19.3. The molecule has 0 saturated heterocycles. The molecule has 0 aromatic carbocycles. The van der Waals surface area contributed by atoms with Crippen LogP contribution in [0.3, 0.4) is 0 Å². The Hall–Kier alpha value is -2.38. The second kappa shape index (κ2) is 4.31. The van der Waals surface area contributed by atoms with Gasteiger partial charge in [0.2, 0.25) is 5.88 Å². The van der Waals surface area contributed by atoms with Crippen LogP contribution in [0.5, 0.6) is 5.88 Å². The van der Waals surface area contributed by atoms with Gasteiger partial charge >= 0.3 is 0 Å². The Morgan fingerprint density at radius 2 is 2.23 bits per heavy atom. The molecule has 2 aliphatic rings. The highest BCUT2D eigenvalue weighted by atomic mass is 19.1. The predicted octanol–water partition coefficient (Wildman–Crippen LogP) is 0.596. The monoisotopic (exact) mass is 306 g/mol. The lowest BCUT2D eigenvalue weighted by atomic mass is 10.2. The van der Waals surface area contributed by atoms with Crippen molar-refractivity contribution < 1.29 is 14.3 Å². The Morgan fingerprint density at radius 3 is 2.86 bits per heavy atom. The molecule has 8 heteroatoms. The van der Waals surface area contributed by atoms with Crippen molar-refractivity contribution in [2.24, 2.45) is 0 Å². The van der Waals surface area contributed by atoms with Crippen LogP contribution in [-0.2, 0) is 6.54 Å². The van der Waals surface area contributed by atoms with Gasteiger partial charge in [0.05, 0.1) is 12.7 Å². The fraction of sp³-hybridized carbons (Fsp3) is 0.500. The molecule has 0 bridgehead atoms. The Morgan fingerprint density at radius 1 is 1.50 bits per heavy atom. The first-order chi connectivity index (χ1) is 10.5. The molecule has 0 spiro atoms. The molecule has 1 amide bonds. The van der Waals surface area contributed by atoms with Crippen LogP contribution in [0.15, 0.2) is 17.1 Å². The number of alkyl halides is 1. The molecule has 2 aliphatic carbocycles. The molecule has 2 fully saturated rings. The Bertz CT molecular complexity index is 832. The molecule has 7 nitrogen and oxygen atoms in total. The second-order valence-electron chi connectivity index (χ2n) is 6.09. The summed E-state index contributed by atoms with van der Waals surface area (Å²) >= 11 is 0. The lowest BCUT2D eigenvalue weighted by Crippen LogP contribution is -2.35. The molecule has 2 aromatic heterocycles. The van der Waals surface area contributed by atoms with Gasteiger partial charge in [-0.25, -0.2) is 4.39 Å². The summed E-state index contributed by atoms with van der Waals surface area (Å²) in [7, 11) is 0. The summed E-state index contributed by atoms with van der Waals surface area (Å²) in [5.41, 5.74) is -2.20. The maximum absolute atomic E-state index is 14.1. The minimum atomic E-state index is -1.39. The van der Waals surface area contributed by atoms with Crippen LogP contribution in [0.1, 0.15) is 36.0 Å². The highest BCUT2D eigenvalue weighted by Crippen LogP contribution is 2.42. The van der Waals surface area contributed by atoms with Crippen molar-refractivity contribution in [1.29, 1.82) is 0 Å². The Balaban J connectivity index is 1.87. The summed E-state index contributed by atoms with van der Waals surface area (Å²) in [6, 6.07) is 1.55. The number of aromatic hydroxyl groups is 1. The molecule has 22 heavy (non-hydrogen) atoms. The van der Waals surface area contributed by atoms with Gasteiger partial charge in [-0.15, -0.1) is 0 Å². The summed E-state index contributed by atoms with van der Waals surface area (Å²) in [4.78, 5) is 24.6. The van der Waals surface area contributed by atoms with E-state index >= 15 is 0 Å². The van der Waals surface area contributed by atoms with Crippen molar-refractivity contribution in [3.8, 4) is 5.88 Å². The van der Waals surface area contributed by atoms with E-state index in [2.05, 4.69) is 10.4 Å². The second-order valence-corrected chi connectivity index (χ2v) is 6.09. The van der Waals surface area contributed by atoms with E-state index in [4.69, 9.17) is 0 Å². The van der Waals surface area contributed by atoms with Crippen LogP contribution in [-0.4, -0.2) is 36.9 Å². The minimum absolute atomic E-state index is 0.0454. The maximum atomic E-state index is 14.1. The zero-order valence-electron chi connectivity index (χ0n) is 11.8. The van der Waals surface area contributed by atoms with Crippen molar-refractivity contribution in [2.75, 3.05) is 0 Å². The molecule has 0 unspecified atom stereocenters. The molecule has 0 aliphatic heterocycles. The Labute approximate surface area is 124 Å². The van der Waals surface area contributed by atoms with Gasteiger partial charge in [0, 0.05) is 12.1 Å². The first kappa shape index (κ1) is 13.3. The molecule has 4 rings (SSSR count). The number of hydrogen-bond acceptors (Lipinski definition) is 4. The van der Waals surface area contributed by atoms with Crippen LogP contribution >= 0.6 is 0 Å². The van der Waals surface area contributed by atoms with Gasteiger partial charge in [-0.2, -0.15) is 9.61 Å². The number of rotatable bonds is 4. The lowest BCUT2D eigenvalue weighted by Gasteiger charge is -2.16. The number of nitrogens with one attached hydrogen (secondary N) is 1. The molecular weight excluding hydrogens is 291 g/mol. The summed E-state index contributed by atoms with van der Waals surface area (Å²) in [5.74, 6) is -1.14. The smallest absolute Gasteiger partial charge is 0.291 e. The van der Waals surface area contributed by atoms with Gasteiger partial charge in [-0.1, -0.05) is 0 Å². The molecule has 2 heterocycles. The van der Waals surface area contributed by atoms with Gasteiger partial charge in [0.15, 0.2) is 5.56 Å². The number of carbonyl (C=O) groups is 1. The number of hydrogen-bond donors (Lipinski definition) is 2. The van der Waals surface area contributed by atoms with Crippen molar-refractivity contribution in [1.82, 2.24) is 19.5 Å². The highest BCUT2D eigenvalue weighted by Gasteiger charge is 2.44. The fourth-order valence-electron chi connectivity index (χ4n) is 2.52. The van der Waals surface area contributed by atoms with Crippen molar-refractivity contribution in [3.63, 3.8) is 0 Å². The van der Waals surface area contributed by atoms with E-state index < -0.39 is 23.0 Å². The van der Waals surface area contributed by atoms with Crippen LogP contribution in [0, 0.1) is 0 Å². The molecule has 116 valence electrons. The largest absolute Gasteiger partial charge is 0.494 e. The van der Waals surface area contributed by atoms with E-state index in [1.807, 2.05) is 0 Å². The molecule has 2 aromatic rings. The molecule has 2 saturated carbocycles. The number of fused-ring (bicyclic) bond motifs is 1. The predicted molar refractivity (Wildman–Crippen MR) is 74.7 cm³/mol. The number of carbonyl (C=O) groups excluding carboxylic acids is 1. The number of amides is 1. The molecule has 2 N–H and O–H groups in total. The van der Waals surface area contributed by atoms with Gasteiger partial charge in [-0.05, 0) is 25.7 Å². The lowest BCUT2D eigenvalue weighted by molar-refractivity contribution is 0.0944. The summed E-state index contributed by atoms with van der Waals surface area (Å²) in [6.07, 6.45) is 3.91. The standard InChI is InChI=1S/C14H15FN4O3/c15-14(4-5-14)7-18-9-3-6-16-19(9)13(22)10(12(18)21)11(20)17-8-1-2-8/h3,6,8,21H,1-2,4-5,7H2,(H,17,20). The Kier molecular flexibility index (Phi) is 2.60. The quantitative estimate of drug-likeness (QED) is 0.865. The summed E-state index contributed by atoms with van der Waals surface area (Å²) < 4.78 is 16.4. The van der Waals surface area contributed by atoms with Crippen molar-refractivity contribution in [3.05, 3.63) is 28.2 Å². The van der Waals surface area contributed by atoms with Crippen LogP contribution in [0.4, 0.5) is 4.39 Å². The average molecular weight is 306 g/mol. The van der Waals surface area contributed by atoms with Crippen LogP contribution in [0.25, 0.3) is 5.65 Å². The van der Waals surface area contributed by atoms with Crippen LogP contribution < -0.4 is 10.9 Å². The van der Waals surface area contributed by atoms with E-state index in [1.54, 1.807) is 0 Å². The van der Waals surface area contributed by atoms with Gasteiger partial charge in [0.25, 0.3) is 11.5 Å². The fourth-order valence-corrected chi connectivity index (χ4v) is 2.52. The van der Waals surface area contributed by atoms with E-state index in [0.29, 0.717) is 12.8 Å². The zero-order valence-corrected chi connectivity index (χ0v) is 11.8. The maximum Gasteiger partial charge on any atom is 0.291 e. The summed E-state index contributed by atoms with van der Waals surface area (Å²) in [6.45, 7) is -0.0992. The zero-order chi connectivity index (χ0) is 15.5. The summed E-state index contributed by atoms with van der Waals surface area (Å²) in [5, 5.41) is 16.9. The van der Waals surface area contributed by atoms with Gasteiger partial charge in [0.1, 0.15) is 11.3 Å². The third-order valence-electron chi connectivity index (χ3n) is 4.16. The van der Waals surface area contributed by atoms with Gasteiger partial charge < -0.3 is 10.4 Å². The van der Waals surface area contributed by atoms with Gasteiger partial charge in [-0.3, -0.25) is 14.2 Å². The van der Waals surface area contributed by atoms with Crippen molar-refractivity contribution >= 4 is 11.6 Å². The number of halogens is 1. The first-order valence-electron chi connectivity index (χ1n) is 7.28. The van der Waals surface area contributed by atoms with E-state index in [0.717, 1.165) is 17.4 Å². The van der Waals surface area contributed by atoms with E-state index in [-0.39, 0.29) is 23.8 Å². The molecule has 0 radical (unpaired) electrons. The van der Waals surface area contributed by atoms with E-state index in [9.17, 15) is 19.1 Å². The third-order valence-corrected chi connectivity index (χ3v) is 4.16. The number of nitrogens with zero attached hydrogens (tertiary/aromatic N) is 3. The number of aromatic nitrogens is 3. The van der Waals surface area contributed by atoms with E-state index in [1.165, 1.54) is 16.8 Å². The highest BCUT2D eigenvalue weighted by molar-refractivity contribution is 5.96. The van der Waals surface area contributed by atoms with Crippen molar-refractivity contribution in [2.45, 2.75) is 43.9 Å². The third kappa shape index (κ3) is 2.06. The minimum Gasteiger partial charge on any atom is -0.494 e. The molecule has 0 atom stereocenters. The first-order valence-corrected chi connectivity index (χ1v) is 7.28. The van der Waals surface area contributed by atoms with Crippen LogP contribution in [0.2, 0.25) is 0 Å². The SMILES string of the molecule is O=C(NC1CC1)c1c(O)n(CC2(F)CC2)c2ccnn2c1=O. The average Bonchev–Trinajstić information content (AvgIpc) is 3.36. The topological polar surface area (TPSA) is 88.6 Å². The molecular formula is C14H15FN4O3.